The quantitative estimate of drug-likeness (QED) is 0.478. The summed E-state index contributed by atoms with van der Waals surface area (Å²) in [5.41, 5.74) is 2.82. The molecule has 0 bridgehead atoms. The van der Waals surface area contributed by atoms with Gasteiger partial charge in [0.05, 0.1) is 0 Å². The lowest BCUT2D eigenvalue weighted by Crippen LogP contribution is -2.45. The molecule has 2 N–H and O–H groups in total. The van der Waals surface area contributed by atoms with Crippen molar-refractivity contribution in [2.45, 2.75) is 25.6 Å². The minimum Gasteiger partial charge on any atom is -0.480 e. The molecule has 0 aliphatic rings. The van der Waals surface area contributed by atoms with Crippen molar-refractivity contribution in [1.29, 1.82) is 0 Å². The van der Waals surface area contributed by atoms with Crippen LogP contribution in [0.25, 0.3) is 0 Å². The summed E-state index contributed by atoms with van der Waals surface area (Å²) in [4.78, 5) is 38.4. The molecule has 6 nitrogen and oxygen atoms in total. The molecular formula is C24H30N2O4S2. The largest absolute Gasteiger partial charge is 0.480 e. The molecule has 0 saturated carbocycles. The molecule has 2 aromatic rings. The van der Waals surface area contributed by atoms with Gasteiger partial charge in [0.15, 0.2) is 0 Å². The highest BCUT2D eigenvalue weighted by molar-refractivity contribution is 8.14. The number of carbonyl (C=O) groups excluding carboxylic acids is 2. The van der Waals surface area contributed by atoms with Gasteiger partial charge in [-0.1, -0.05) is 61.2 Å². The van der Waals surface area contributed by atoms with Gasteiger partial charge in [-0.25, -0.2) is 4.79 Å². The number of nitrogens with one attached hydrogen (secondary N) is 1. The Labute approximate surface area is 198 Å². The first-order chi connectivity index (χ1) is 15.3. The lowest BCUT2D eigenvalue weighted by molar-refractivity contribution is -0.141. The molecule has 1 amide bonds. The number of rotatable bonds is 12. The van der Waals surface area contributed by atoms with E-state index in [1.807, 2.05) is 37.4 Å². The monoisotopic (exact) mass is 474 g/mol. The van der Waals surface area contributed by atoms with E-state index >= 15 is 0 Å². The molecule has 2 rings (SSSR count). The first-order valence-electron chi connectivity index (χ1n) is 10.4. The van der Waals surface area contributed by atoms with E-state index in [0.717, 1.165) is 29.6 Å². The lowest BCUT2D eigenvalue weighted by atomic mass is 10.2. The SMILES string of the molecule is CCN(C)c1ccc(CSC[C@H](NC(=O)C(C)CSC(=O)c2ccccc2)C(=O)O)cc1. The normalized spacial score (nSPS) is 12.6. The van der Waals surface area contributed by atoms with Crippen LogP contribution in [-0.2, 0) is 15.3 Å². The van der Waals surface area contributed by atoms with Gasteiger partial charge in [0.25, 0.3) is 0 Å². The van der Waals surface area contributed by atoms with E-state index in [9.17, 15) is 19.5 Å². The molecule has 0 aliphatic heterocycles. The van der Waals surface area contributed by atoms with E-state index in [1.54, 1.807) is 31.2 Å². The molecular weight excluding hydrogens is 444 g/mol. The number of carbonyl (C=O) groups is 3. The fourth-order valence-electron chi connectivity index (χ4n) is 2.75. The highest BCUT2D eigenvalue weighted by atomic mass is 32.2. The maximum Gasteiger partial charge on any atom is 0.327 e. The Balaban J connectivity index is 1.79. The van der Waals surface area contributed by atoms with Crippen LogP contribution in [0, 0.1) is 5.92 Å². The topological polar surface area (TPSA) is 86.7 Å². The first-order valence-corrected chi connectivity index (χ1v) is 12.6. The zero-order valence-electron chi connectivity index (χ0n) is 18.6. The number of carboxylic acids is 1. The Morgan fingerprint density at radius 2 is 1.69 bits per heavy atom. The third kappa shape index (κ3) is 8.24. The second-order valence-corrected chi connectivity index (χ2v) is 9.48. The molecule has 172 valence electrons. The van der Waals surface area contributed by atoms with Gasteiger partial charge in [-0.2, -0.15) is 11.8 Å². The number of thioether (sulfide) groups is 2. The minimum absolute atomic E-state index is 0.105. The molecule has 0 saturated heterocycles. The van der Waals surface area contributed by atoms with Crippen molar-refractivity contribution in [3.05, 3.63) is 65.7 Å². The van der Waals surface area contributed by atoms with Crippen LogP contribution < -0.4 is 10.2 Å². The number of hydrogen-bond acceptors (Lipinski definition) is 6. The zero-order valence-corrected chi connectivity index (χ0v) is 20.2. The van der Waals surface area contributed by atoms with Gasteiger partial charge >= 0.3 is 5.97 Å². The average Bonchev–Trinajstić information content (AvgIpc) is 2.81. The van der Waals surface area contributed by atoms with Crippen LogP contribution in [-0.4, -0.2) is 53.2 Å². The number of anilines is 1. The van der Waals surface area contributed by atoms with E-state index in [1.165, 1.54) is 11.8 Å². The van der Waals surface area contributed by atoms with Crippen molar-refractivity contribution >= 4 is 46.2 Å². The van der Waals surface area contributed by atoms with Crippen LogP contribution in [0.4, 0.5) is 5.69 Å². The zero-order chi connectivity index (χ0) is 23.5. The Hall–Kier alpha value is -2.45. The van der Waals surface area contributed by atoms with Crippen molar-refractivity contribution in [3.8, 4) is 0 Å². The molecule has 2 aromatic carbocycles. The standard InChI is InChI=1S/C24H30N2O4S2/c1-4-26(3)20-12-10-18(11-13-20)15-31-16-21(23(28)29)25-22(27)17(2)14-32-24(30)19-8-6-5-7-9-19/h5-13,17,21H,4,14-16H2,1-3H3,(H,25,27)(H,28,29)/t17?,21-/m0/s1. The third-order valence-electron chi connectivity index (χ3n) is 4.94. The van der Waals surface area contributed by atoms with Gasteiger partial charge in [0.1, 0.15) is 6.04 Å². The van der Waals surface area contributed by atoms with Gasteiger partial charge in [-0.3, -0.25) is 9.59 Å². The summed E-state index contributed by atoms with van der Waals surface area (Å²) in [7, 11) is 2.03. The number of benzene rings is 2. The summed E-state index contributed by atoms with van der Waals surface area (Å²) >= 11 is 2.53. The van der Waals surface area contributed by atoms with Crippen LogP contribution >= 0.6 is 23.5 Å². The summed E-state index contributed by atoms with van der Waals surface area (Å²) < 4.78 is 0. The van der Waals surface area contributed by atoms with Gasteiger partial charge < -0.3 is 15.3 Å². The summed E-state index contributed by atoms with van der Waals surface area (Å²) in [6.45, 7) is 4.71. The van der Waals surface area contributed by atoms with E-state index in [-0.39, 0.29) is 22.5 Å². The lowest BCUT2D eigenvalue weighted by Gasteiger charge is -2.18. The molecule has 0 radical (unpaired) electrons. The Morgan fingerprint density at radius 1 is 1.03 bits per heavy atom. The van der Waals surface area contributed by atoms with Crippen molar-refractivity contribution in [3.63, 3.8) is 0 Å². The summed E-state index contributed by atoms with van der Waals surface area (Å²) in [5, 5.41) is 12.0. The van der Waals surface area contributed by atoms with E-state index < -0.39 is 17.9 Å². The molecule has 0 fully saturated rings. The second-order valence-electron chi connectivity index (χ2n) is 7.46. The van der Waals surface area contributed by atoms with E-state index in [2.05, 4.69) is 17.1 Å². The molecule has 8 heteroatoms. The van der Waals surface area contributed by atoms with Crippen molar-refractivity contribution in [2.75, 3.05) is 30.0 Å². The van der Waals surface area contributed by atoms with Crippen LogP contribution in [0.15, 0.2) is 54.6 Å². The predicted octanol–water partition coefficient (Wildman–Crippen LogP) is 4.16. The van der Waals surface area contributed by atoms with Crippen molar-refractivity contribution in [1.82, 2.24) is 5.32 Å². The maximum atomic E-state index is 12.5. The van der Waals surface area contributed by atoms with Gasteiger partial charge in [0, 0.05) is 48.0 Å². The van der Waals surface area contributed by atoms with Crippen LogP contribution in [0.3, 0.4) is 0 Å². The average molecular weight is 475 g/mol. The highest BCUT2D eigenvalue weighted by Crippen LogP contribution is 2.19. The summed E-state index contributed by atoms with van der Waals surface area (Å²) in [6.07, 6.45) is 0. The van der Waals surface area contributed by atoms with Crippen LogP contribution in [0.1, 0.15) is 29.8 Å². The highest BCUT2D eigenvalue weighted by Gasteiger charge is 2.23. The molecule has 32 heavy (non-hydrogen) atoms. The summed E-state index contributed by atoms with van der Waals surface area (Å²) in [6, 6.07) is 16.1. The van der Waals surface area contributed by atoms with Crippen molar-refractivity contribution in [2.24, 2.45) is 5.92 Å². The fraction of sp³-hybridized carbons (Fsp3) is 0.375. The van der Waals surface area contributed by atoms with E-state index in [0.29, 0.717) is 11.3 Å². The molecule has 0 heterocycles. The Morgan fingerprint density at radius 3 is 2.28 bits per heavy atom. The van der Waals surface area contributed by atoms with Gasteiger partial charge in [0.2, 0.25) is 11.0 Å². The van der Waals surface area contributed by atoms with Crippen molar-refractivity contribution < 1.29 is 19.5 Å². The molecule has 1 unspecified atom stereocenters. The van der Waals surface area contributed by atoms with E-state index in [4.69, 9.17) is 0 Å². The number of hydrogen-bond donors (Lipinski definition) is 2. The molecule has 2 atom stereocenters. The number of amides is 1. The Kier molecular flexibility index (Phi) is 10.6. The smallest absolute Gasteiger partial charge is 0.327 e. The fourth-order valence-corrected chi connectivity index (χ4v) is 4.61. The van der Waals surface area contributed by atoms with Crippen LogP contribution in [0.2, 0.25) is 0 Å². The number of carboxylic acid groups (broad SMARTS) is 1. The Bertz CT molecular complexity index is 891. The molecule has 0 spiro atoms. The first kappa shape index (κ1) is 25.8. The number of nitrogens with zero attached hydrogens (tertiary/aromatic N) is 1. The second kappa shape index (κ2) is 13.2. The minimum atomic E-state index is -1.06. The summed E-state index contributed by atoms with van der Waals surface area (Å²) in [5.74, 6) is -0.697. The van der Waals surface area contributed by atoms with Gasteiger partial charge in [-0.05, 0) is 24.6 Å². The van der Waals surface area contributed by atoms with Crippen LogP contribution in [0.5, 0.6) is 0 Å². The predicted molar refractivity (Wildman–Crippen MR) is 134 cm³/mol. The maximum absolute atomic E-state index is 12.5. The molecule has 0 aliphatic carbocycles. The van der Waals surface area contributed by atoms with Gasteiger partial charge in [-0.15, -0.1) is 0 Å². The number of aliphatic carboxylic acids is 1. The third-order valence-corrected chi connectivity index (χ3v) is 7.21. The molecule has 0 aromatic heterocycles.